The van der Waals surface area contributed by atoms with Crippen LogP contribution in [0.15, 0.2) is 23.1 Å². The van der Waals surface area contributed by atoms with Crippen molar-refractivity contribution in [1.82, 2.24) is 4.31 Å². The Balaban J connectivity index is 0.00000576. The van der Waals surface area contributed by atoms with E-state index in [9.17, 15) is 13.2 Å². The van der Waals surface area contributed by atoms with Crippen LogP contribution in [0, 0.1) is 5.41 Å². The van der Waals surface area contributed by atoms with Crippen LogP contribution in [0.1, 0.15) is 27.7 Å². The maximum Gasteiger partial charge on any atom is 0.246 e. The number of nitrogens with one attached hydrogen (secondary N) is 1. The molecule has 1 rings (SSSR count). The number of nitrogens with zero attached hydrogens (tertiary/aromatic N) is 1. The standard InChI is InChI=1S/C16H27N3O4S.ClH/c1-7-23-12-9-8-11(10-13(12)24(21,22)19(5)6)18-15(20)14(17)16(2,3)4;/h8-10,14H,7,17H2,1-6H3,(H,18,20);1H/t14-;/m1./s1. The van der Waals surface area contributed by atoms with Crippen molar-refractivity contribution in [2.75, 3.05) is 26.0 Å². The van der Waals surface area contributed by atoms with E-state index in [4.69, 9.17) is 10.5 Å². The summed E-state index contributed by atoms with van der Waals surface area (Å²) in [7, 11) is -0.838. The molecule has 0 unspecified atom stereocenters. The number of carbonyl (C=O) groups is 1. The number of rotatable bonds is 6. The van der Waals surface area contributed by atoms with E-state index in [0.717, 1.165) is 4.31 Å². The van der Waals surface area contributed by atoms with E-state index >= 15 is 0 Å². The van der Waals surface area contributed by atoms with Gasteiger partial charge in [-0.05, 0) is 30.5 Å². The normalized spacial score (nSPS) is 13.1. The average molecular weight is 394 g/mol. The van der Waals surface area contributed by atoms with Crippen LogP contribution in [0.5, 0.6) is 5.75 Å². The molecule has 3 N–H and O–H groups in total. The highest BCUT2D eigenvalue weighted by Gasteiger charge is 2.28. The molecule has 0 fully saturated rings. The number of carbonyl (C=O) groups excluding carboxylic acids is 1. The number of halogens is 1. The first-order chi connectivity index (χ1) is 10.9. The summed E-state index contributed by atoms with van der Waals surface area (Å²) in [5.41, 5.74) is 5.87. The van der Waals surface area contributed by atoms with Crippen LogP contribution >= 0.6 is 12.4 Å². The van der Waals surface area contributed by atoms with Crippen molar-refractivity contribution in [2.24, 2.45) is 11.1 Å². The fraction of sp³-hybridized carbons (Fsp3) is 0.562. The van der Waals surface area contributed by atoms with Gasteiger partial charge in [0.2, 0.25) is 15.9 Å². The Morgan fingerprint density at radius 2 is 1.88 bits per heavy atom. The third kappa shape index (κ3) is 5.85. The van der Waals surface area contributed by atoms with Crippen molar-refractivity contribution in [3.05, 3.63) is 18.2 Å². The predicted molar refractivity (Wildman–Crippen MR) is 102 cm³/mol. The molecule has 1 aromatic carbocycles. The van der Waals surface area contributed by atoms with Crippen molar-refractivity contribution in [2.45, 2.75) is 38.6 Å². The van der Waals surface area contributed by atoms with Gasteiger partial charge >= 0.3 is 0 Å². The molecule has 0 spiro atoms. The number of hydrogen-bond acceptors (Lipinski definition) is 5. The molecular weight excluding hydrogens is 366 g/mol. The minimum atomic E-state index is -3.71. The van der Waals surface area contributed by atoms with Crippen LogP contribution < -0.4 is 15.8 Å². The fourth-order valence-electron chi connectivity index (χ4n) is 1.87. The van der Waals surface area contributed by atoms with Gasteiger partial charge in [0.1, 0.15) is 10.6 Å². The number of nitrogens with two attached hydrogens (primary N) is 1. The number of ether oxygens (including phenoxy) is 1. The maximum absolute atomic E-state index is 12.5. The van der Waals surface area contributed by atoms with Gasteiger partial charge in [-0.2, -0.15) is 0 Å². The Morgan fingerprint density at radius 3 is 2.32 bits per heavy atom. The summed E-state index contributed by atoms with van der Waals surface area (Å²) in [6.45, 7) is 7.67. The molecule has 25 heavy (non-hydrogen) atoms. The van der Waals surface area contributed by atoms with Gasteiger partial charge in [0.15, 0.2) is 0 Å². The minimum Gasteiger partial charge on any atom is -0.492 e. The quantitative estimate of drug-likeness (QED) is 0.770. The number of hydrogen-bond donors (Lipinski definition) is 2. The first-order valence-corrected chi connectivity index (χ1v) is 9.11. The van der Waals surface area contributed by atoms with Crippen LogP contribution in [0.25, 0.3) is 0 Å². The van der Waals surface area contributed by atoms with Gasteiger partial charge < -0.3 is 15.8 Å². The second kappa shape index (κ2) is 8.84. The third-order valence-electron chi connectivity index (χ3n) is 3.49. The lowest BCUT2D eigenvalue weighted by atomic mass is 9.87. The zero-order valence-corrected chi connectivity index (χ0v) is 17.1. The van der Waals surface area contributed by atoms with Gasteiger partial charge in [-0.15, -0.1) is 12.4 Å². The van der Waals surface area contributed by atoms with E-state index in [2.05, 4.69) is 5.32 Å². The Hall–Kier alpha value is -1.35. The lowest BCUT2D eigenvalue weighted by molar-refractivity contribution is -0.119. The van der Waals surface area contributed by atoms with Gasteiger partial charge in [0.25, 0.3) is 0 Å². The van der Waals surface area contributed by atoms with Gasteiger partial charge in [-0.1, -0.05) is 20.8 Å². The Labute approximate surface area is 156 Å². The Morgan fingerprint density at radius 1 is 1.32 bits per heavy atom. The van der Waals surface area contributed by atoms with Crippen molar-refractivity contribution in [1.29, 1.82) is 0 Å². The number of amides is 1. The van der Waals surface area contributed by atoms with E-state index in [1.807, 2.05) is 20.8 Å². The third-order valence-corrected chi connectivity index (χ3v) is 5.32. The summed E-state index contributed by atoms with van der Waals surface area (Å²) in [5.74, 6) is -0.135. The highest BCUT2D eigenvalue weighted by Crippen LogP contribution is 2.29. The molecule has 0 radical (unpaired) electrons. The molecule has 0 saturated heterocycles. The lowest BCUT2D eigenvalue weighted by Crippen LogP contribution is -2.45. The highest BCUT2D eigenvalue weighted by atomic mass is 35.5. The van der Waals surface area contributed by atoms with Crippen LogP contribution in [0.4, 0.5) is 5.69 Å². The van der Waals surface area contributed by atoms with Crippen LogP contribution in [-0.2, 0) is 14.8 Å². The summed E-state index contributed by atoms with van der Waals surface area (Å²) in [6.07, 6.45) is 0. The molecular formula is C16H28ClN3O4S. The first kappa shape index (κ1) is 23.6. The molecule has 0 aliphatic rings. The highest BCUT2D eigenvalue weighted by molar-refractivity contribution is 7.89. The summed E-state index contributed by atoms with van der Waals surface area (Å²) >= 11 is 0. The molecule has 0 saturated carbocycles. The lowest BCUT2D eigenvalue weighted by Gasteiger charge is -2.26. The van der Waals surface area contributed by atoms with Crippen LogP contribution in [-0.4, -0.2) is 45.4 Å². The number of benzene rings is 1. The SMILES string of the molecule is CCOc1ccc(NC(=O)[C@@H](N)C(C)(C)C)cc1S(=O)(=O)N(C)C.Cl. The van der Waals surface area contributed by atoms with Gasteiger partial charge in [0, 0.05) is 19.8 Å². The van der Waals surface area contributed by atoms with Crippen LogP contribution in [0.2, 0.25) is 0 Å². The van der Waals surface area contributed by atoms with Crippen molar-refractivity contribution >= 4 is 34.0 Å². The summed E-state index contributed by atoms with van der Waals surface area (Å²) in [6, 6.07) is 3.77. The zero-order valence-electron chi connectivity index (χ0n) is 15.5. The Bertz CT molecular complexity index is 700. The smallest absolute Gasteiger partial charge is 0.246 e. The van der Waals surface area contributed by atoms with E-state index in [1.54, 1.807) is 13.0 Å². The zero-order chi connectivity index (χ0) is 18.7. The second-order valence-corrected chi connectivity index (χ2v) is 8.84. The monoisotopic (exact) mass is 393 g/mol. The summed E-state index contributed by atoms with van der Waals surface area (Å²) in [4.78, 5) is 12.2. The molecule has 1 aromatic rings. The molecule has 0 heterocycles. The van der Waals surface area contributed by atoms with E-state index in [-0.39, 0.29) is 29.0 Å². The topological polar surface area (TPSA) is 102 Å². The van der Waals surface area contributed by atoms with Crippen molar-refractivity contribution < 1.29 is 17.9 Å². The fourth-order valence-corrected chi connectivity index (χ4v) is 2.92. The van der Waals surface area contributed by atoms with Gasteiger partial charge in [-0.25, -0.2) is 12.7 Å². The molecule has 144 valence electrons. The van der Waals surface area contributed by atoms with Crippen LogP contribution in [0.3, 0.4) is 0 Å². The molecule has 1 amide bonds. The maximum atomic E-state index is 12.5. The number of anilines is 1. The predicted octanol–water partition coefficient (Wildman–Crippen LogP) is 2.07. The van der Waals surface area contributed by atoms with Crippen molar-refractivity contribution in [3.63, 3.8) is 0 Å². The Kier molecular flexibility index (Phi) is 8.37. The molecule has 1 atom stereocenters. The largest absolute Gasteiger partial charge is 0.492 e. The van der Waals surface area contributed by atoms with Gasteiger partial charge in [-0.3, -0.25) is 4.79 Å². The molecule has 0 aromatic heterocycles. The summed E-state index contributed by atoms with van der Waals surface area (Å²) in [5, 5.41) is 2.67. The molecule has 0 aliphatic carbocycles. The van der Waals surface area contributed by atoms with E-state index in [1.165, 1.54) is 26.2 Å². The minimum absolute atomic E-state index is 0. The van der Waals surface area contributed by atoms with E-state index in [0.29, 0.717) is 12.3 Å². The van der Waals surface area contributed by atoms with E-state index < -0.39 is 21.5 Å². The molecule has 7 nitrogen and oxygen atoms in total. The van der Waals surface area contributed by atoms with Crippen molar-refractivity contribution in [3.8, 4) is 5.75 Å². The second-order valence-electron chi connectivity index (χ2n) is 6.71. The number of sulfonamides is 1. The molecule has 9 heteroatoms. The molecule has 0 aliphatic heterocycles. The summed E-state index contributed by atoms with van der Waals surface area (Å²) < 4.78 is 31.4. The van der Waals surface area contributed by atoms with Gasteiger partial charge in [0.05, 0.1) is 12.6 Å². The first-order valence-electron chi connectivity index (χ1n) is 7.67. The average Bonchev–Trinajstić information content (AvgIpc) is 2.46. The molecule has 0 bridgehead atoms.